The van der Waals surface area contributed by atoms with Crippen molar-refractivity contribution >= 4 is 39.6 Å². The van der Waals surface area contributed by atoms with E-state index < -0.39 is 46.9 Å². The zero-order valence-electron chi connectivity index (χ0n) is 22.2. The van der Waals surface area contributed by atoms with Crippen molar-refractivity contribution in [2.24, 2.45) is 0 Å². The molecule has 1 heterocycles. The van der Waals surface area contributed by atoms with Gasteiger partial charge in [0.05, 0.1) is 49.4 Å². The van der Waals surface area contributed by atoms with Crippen LogP contribution in [0.3, 0.4) is 0 Å². The molecule has 0 amide bonds. The zero-order valence-corrected chi connectivity index (χ0v) is 22.2. The summed E-state index contributed by atoms with van der Waals surface area (Å²) in [5, 5.41) is 19.1. The Morgan fingerprint density at radius 2 is 1.75 bits per heavy atom. The van der Waals surface area contributed by atoms with Gasteiger partial charge in [0.2, 0.25) is 0 Å². The van der Waals surface area contributed by atoms with E-state index in [1.807, 2.05) is 0 Å². The van der Waals surface area contributed by atoms with Crippen molar-refractivity contribution in [2.75, 3.05) is 20.3 Å². The van der Waals surface area contributed by atoms with Crippen LogP contribution in [0.4, 0.5) is 0 Å². The SMILES string of the molecule is COc1ccc2c(=O)oc3cc(C(C)(C)C(=O)OCCCCCO[N+](=O)[O-])cc(OC(=O)CCC(=O)O)c3c2c1. The van der Waals surface area contributed by atoms with Crippen molar-refractivity contribution in [3.8, 4) is 11.5 Å². The molecule has 214 valence electrons. The van der Waals surface area contributed by atoms with E-state index >= 15 is 0 Å². The number of unbranched alkanes of at least 4 members (excludes halogenated alkanes) is 2. The molecule has 13 heteroatoms. The second kappa shape index (κ2) is 12.9. The van der Waals surface area contributed by atoms with E-state index in [-0.39, 0.29) is 35.3 Å². The zero-order chi connectivity index (χ0) is 29.4. The number of hydrogen-bond donors (Lipinski definition) is 1. The van der Waals surface area contributed by atoms with Crippen LogP contribution < -0.4 is 15.1 Å². The van der Waals surface area contributed by atoms with Gasteiger partial charge in [0.15, 0.2) is 0 Å². The van der Waals surface area contributed by atoms with Crippen molar-refractivity contribution in [3.63, 3.8) is 0 Å². The minimum atomic E-state index is -1.28. The average Bonchev–Trinajstić information content (AvgIpc) is 2.90. The fourth-order valence-electron chi connectivity index (χ4n) is 3.93. The van der Waals surface area contributed by atoms with Gasteiger partial charge in [-0.15, -0.1) is 10.1 Å². The van der Waals surface area contributed by atoms with Gasteiger partial charge < -0.3 is 28.6 Å². The molecule has 0 bridgehead atoms. The quantitative estimate of drug-likeness (QED) is 0.0572. The molecule has 40 heavy (non-hydrogen) atoms. The molecule has 0 spiro atoms. The molecule has 1 N–H and O–H groups in total. The second-order valence-electron chi connectivity index (χ2n) is 9.39. The standard InChI is InChI=1S/C27H29NO12/c1-27(2,26(33)37-11-5-4-6-12-38-28(34)35)16-13-20(39-23(31)10-9-22(29)30)24-19-15-17(36-3)7-8-18(19)25(32)40-21(24)14-16/h7-8,13-15H,4-6,9-12H2,1-3H3,(H,29,30). The highest BCUT2D eigenvalue weighted by Crippen LogP contribution is 2.38. The fraction of sp³-hybridized carbons (Fsp3) is 0.407. The maximum atomic E-state index is 13.0. The summed E-state index contributed by atoms with van der Waals surface area (Å²) in [6, 6.07) is 7.61. The Labute approximate surface area is 227 Å². The van der Waals surface area contributed by atoms with E-state index in [0.29, 0.717) is 36.0 Å². The number of hydrogen-bond acceptors (Lipinski definition) is 11. The summed E-state index contributed by atoms with van der Waals surface area (Å²) in [6.45, 7) is 3.17. The van der Waals surface area contributed by atoms with Gasteiger partial charge >= 0.3 is 23.5 Å². The van der Waals surface area contributed by atoms with Crippen molar-refractivity contribution < 1.29 is 48.0 Å². The summed E-state index contributed by atoms with van der Waals surface area (Å²) in [7, 11) is 1.45. The van der Waals surface area contributed by atoms with Gasteiger partial charge in [0.1, 0.15) is 17.1 Å². The normalized spacial score (nSPS) is 11.3. The number of fused-ring (bicyclic) bond motifs is 3. The van der Waals surface area contributed by atoms with Crippen molar-refractivity contribution in [2.45, 2.75) is 51.4 Å². The lowest BCUT2D eigenvalue weighted by Crippen LogP contribution is -2.31. The lowest BCUT2D eigenvalue weighted by atomic mass is 9.84. The van der Waals surface area contributed by atoms with Gasteiger partial charge in [-0.2, -0.15) is 0 Å². The predicted octanol–water partition coefficient (Wildman–Crippen LogP) is 3.92. The maximum absolute atomic E-state index is 13.0. The van der Waals surface area contributed by atoms with Gasteiger partial charge in [0, 0.05) is 5.39 Å². The van der Waals surface area contributed by atoms with Crippen LogP contribution in [0, 0.1) is 10.1 Å². The maximum Gasteiger partial charge on any atom is 0.344 e. The van der Waals surface area contributed by atoms with Crippen LogP contribution in [-0.4, -0.2) is 48.4 Å². The molecule has 0 saturated heterocycles. The van der Waals surface area contributed by atoms with Gasteiger partial charge in [-0.25, -0.2) is 4.79 Å². The Balaban J connectivity index is 1.96. The number of benzene rings is 2. The Bertz CT molecular complexity index is 1490. The largest absolute Gasteiger partial charge is 0.497 e. The topological polar surface area (TPSA) is 182 Å². The molecule has 0 aliphatic rings. The third-order valence-electron chi connectivity index (χ3n) is 6.20. The number of carbonyl (C=O) groups is 3. The first-order valence-corrected chi connectivity index (χ1v) is 12.4. The Morgan fingerprint density at radius 1 is 1.02 bits per heavy atom. The Kier molecular flexibility index (Phi) is 9.64. The first kappa shape index (κ1) is 29.9. The summed E-state index contributed by atoms with van der Waals surface area (Å²) < 4.78 is 21.8. The third kappa shape index (κ3) is 7.24. The van der Waals surface area contributed by atoms with Crippen LogP contribution in [0.2, 0.25) is 0 Å². The fourth-order valence-corrected chi connectivity index (χ4v) is 3.93. The molecular formula is C27H29NO12. The highest BCUT2D eigenvalue weighted by molar-refractivity contribution is 6.09. The number of aliphatic carboxylic acids is 1. The lowest BCUT2D eigenvalue weighted by Gasteiger charge is -2.24. The molecule has 0 aliphatic carbocycles. The molecule has 3 aromatic rings. The Morgan fingerprint density at radius 3 is 2.42 bits per heavy atom. The molecule has 0 saturated carbocycles. The van der Waals surface area contributed by atoms with Gasteiger partial charge in [0.25, 0.3) is 5.09 Å². The summed E-state index contributed by atoms with van der Waals surface area (Å²) in [6.07, 6.45) is 0.555. The molecule has 2 aromatic carbocycles. The van der Waals surface area contributed by atoms with Gasteiger partial charge in [-0.05, 0) is 69.0 Å². The number of carboxylic acids is 1. The third-order valence-corrected chi connectivity index (χ3v) is 6.20. The average molecular weight is 560 g/mol. The van der Waals surface area contributed by atoms with Crippen molar-refractivity contribution in [1.29, 1.82) is 0 Å². The van der Waals surface area contributed by atoms with Crippen LogP contribution in [-0.2, 0) is 29.4 Å². The number of carboxylic acid groups (broad SMARTS) is 1. The van der Waals surface area contributed by atoms with Crippen LogP contribution in [0.5, 0.6) is 11.5 Å². The number of carbonyl (C=O) groups excluding carboxylic acids is 2. The number of methoxy groups -OCH3 is 1. The van der Waals surface area contributed by atoms with E-state index in [9.17, 15) is 29.3 Å². The monoisotopic (exact) mass is 559 g/mol. The Hall–Kier alpha value is -4.68. The lowest BCUT2D eigenvalue weighted by molar-refractivity contribution is -0.757. The van der Waals surface area contributed by atoms with Crippen molar-refractivity contribution in [3.05, 3.63) is 56.4 Å². The number of rotatable bonds is 14. The highest BCUT2D eigenvalue weighted by atomic mass is 16.9. The van der Waals surface area contributed by atoms with E-state index in [1.54, 1.807) is 26.0 Å². The second-order valence-corrected chi connectivity index (χ2v) is 9.39. The smallest absolute Gasteiger partial charge is 0.344 e. The van der Waals surface area contributed by atoms with E-state index in [0.717, 1.165) is 0 Å². The minimum absolute atomic E-state index is 0.0310. The summed E-state index contributed by atoms with van der Waals surface area (Å²) in [5.41, 5.74) is -1.59. The van der Waals surface area contributed by atoms with Gasteiger partial charge in [-0.1, -0.05) is 0 Å². The van der Waals surface area contributed by atoms with E-state index in [2.05, 4.69) is 4.84 Å². The molecular weight excluding hydrogens is 530 g/mol. The first-order valence-electron chi connectivity index (χ1n) is 12.4. The molecule has 0 radical (unpaired) electrons. The predicted molar refractivity (Wildman–Crippen MR) is 140 cm³/mol. The van der Waals surface area contributed by atoms with Crippen molar-refractivity contribution in [1.82, 2.24) is 0 Å². The summed E-state index contributed by atoms with van der Waals surface area (Å²) in [4.78, 5) is 63.7. The molecule has 0 fully saturated rings. The van der Waals surface area contributed by atoms with E-state index in [4.69, 9.17) is 23.7 Å². The highest BCUT2D eigenvalue weighted by Gasteiger charge is 2.33. The summed E-state index contributed by atoms with van der Waals surface area (Å²) >= 11 is 0. The number of nitrogens with zero attached hydrogens (tertiary/aromatic N) is 1. The van der Waals surface area contributed by atoms with Crippen LogP contribution in [0.25, 0.3) is 21.7 Å². The van der Waals surface area contributed by atoms with Crippen LogP contribution in [0.1, 0.15) is 51.5 Å². The number of esters is 2. The van der Waals surface area contributed by atoms with Gasteiger partial charge in [-0.3, -0.25) is 14.4 Å². The van der Waals surface area contributed by atoms with E-state index in [1.165, 1.54) is 25.3 Å². The first-order chi connectivity index (χ1) is 18.9. The van der Waals surface area contributed by atoms with Crippen LogP contribution in [0.15, 0.2) is 39.5 Å². The molecule has 0 aliphatic heterocycles. The summed E-state index contributed by atoms with van der Waals surface area (Å²) in [5.74, 6) is -2.21. The minimum Gasteiger partial charge on any atom is -0.497 e. The molecule has 3 rings (SSSR count). The molecule has 1 aromatic heterocycles. The molecule has 13 nitrogen and oxygen atoms in total. The van der Waals surface area contributed by atoms with Crippen LogP contribution >= 0.6 is 0 Å². The molecule has 0 atom stereocenters. The molecule has 0 unspecified atom stereocenters. The number of ether oxygens (including phenoxy) is 3.